The number of carboxylic acids is 1. The van der Waals surface area contributed by atoms with E-state index in [4.69, 9.17) is 16.7 Å². The summed E-state index contributed by atoms with van der Waals surface area (Å²) in [6, 6.07) is 6.73. The van der Waals surface area contributed by atoms with Crippen LogP contribution in [-0.2, 0) is 0 Å². The van der Waals surface area contributed by atoms with Crippen LogP contribution in [0, 0.1) is 10.5 Å². The Bertz CT molecular complexity index is 649. The summed E-state index contributed by atoms with van der Waals surface area (Å²) < 4.78 is 0.895. The molecule has 0 bridgehead atoms. The van der Waals surface area contributed by atoms with Crippen molar-refractivity contribution in [2.45, 2.75) is 6.92 Å². The molecule has 0 aliphatic heterocycles. The van der Waals surface area contributed by atoms with Crippen LogP contribution in [0.4, 0.5) is 11.6 Å². The van der Waals surface area contributed by atoms with Gasteiger partial charge in [0.2, 0.25) is 5.95 Å². The first-order valence-electron chi connectivity index (χ1n) is 5.27. The molecule has 0 atom stereocenters. The lowest BCUT2D eigenvalue weighted by molar-refractivity contribution is 0.0690. The molecular formula is C12H9ClIN3O2. The Labute approximate surface area is 128 Å². The van der Waals surface area contributed by atoms with E-state index >= 15 is 0 Å². The summed E-state index contributed by atoms with van der Waals surface area (Å²) in [5.41, 5.74) is 1.31. The van der Waals surface area contributed by atoms with E-state index in [2.05, 4.69) is 37.9 Å². The smallest absolute Gasteiger partial charge is 0.354 e. The number of nitrogens with zero attached hydrogens (tertiary/aromatic N) is 2. The Balaban J connectivity index is 2.35. The van der Waals surface area contributed by atoms with Gasteiger partial charge in [-0.3, -0.25) is 0 Å². The van der Waals surface area contributed by atoms with Gasteiger partial charge in [-0.25, -0.2) is 14.8 Å². The number of rotatable bonds is 3. The van der Waals surface area contributed by atoms with Gasteiger partial charge in [-0.05, 0) is 53.8 Å². The molecule has 2 rings (SSSR count). The zero-order valence-corrected chi connectivity index (χ0v) is 12.7. The highest BCUT2D eigenvalue weighted by atomic mass is 127. The minimum atomic E-state index is -1.08. The van der Waals surface area contributed by atoms with Crippen molar-refractivity contribution in [1.82, 2.24) is 9.97 Å². The lowest BCUT2D eigenvalue weighted by Gasteiger charge is -2.08. The Morgan fingerprint density at radius 1 is 1.37 bits per heavy atom. The third-order valence-corrected chi connectivity index (χ3v) is 3.38. The maximum Gasteiger partial charge on any atom is 0.354 e. The van der Waals surface area contributed by atoms with Gasteiger partial charge in [0.25, 0.3) is 0 Å². The number of halogens is 2. The van der Waals surface area contributed by atoms with Crippen molar-refractivity contribution in [3.05, 3.63) is 44.2 Å². The first kappa shape index (κ1) is 14.0. The van der Waals surface area contributed by atoms with Gasteiger partial charge in [0.15, 0.2) is 5.69 Å². The molecule has 5 nitrogen and oxygen atoms in total. The molecule has 19 heavy (non-hydrogen) atoms. The van der Waals surface area contributed by atoms with Crippen molar-refractivity contribution in [2.75, 3.05) is 5.32 Å². The molecule has 1 heterocycles. The molecule has 0 saturated carbocycles. The molecule has 0 aliphatic carbocycles. The summed E-state index contributed by atoms with van der Waals surface area (Å²) in [7, 11) is 0. The number of carboxylic acid groups (broad SMARTS) is 1. The normalized spacial score (nSPS) is 10.3. The van der Waals surface area contributed by atoms with E-state index in [9.17, 15) is 4.79 Å². The number of carbonyl (C=O) groups is 1. The SMILES string of the molecule is Cc1cc(C(=O)O)nc(Nc2ccc(Cl)cc2I)n1. The summed E-state index contributed by atoms with van der Waals surface area (Å²) >= 11 is 8.00. The molecule has 0 radical (unpaired) electrons. The molecule has 1 aromatic heterocycles. The van der Waals surface area contributed by atoms with Gasteiger partial charge in [-0.15, -0.1) is 0 Å². The fourth-order valence-corrected chi connectivity index (χ4v) is 2.45. The molecule has 0 spiro atoms. The van der Waals surface area contributed by atoms with Gasteiger partial charge < -0.3 is 10.4 Å². The third kappa shape index (κ3) is 3.54. The number of benzene rings is 1. The number of hydrogen-bond acceptors (Lipinski definition) is 4. The minimum absolute atomic E-state index is 0.0426. The quantitative estimate of drug-likeness (QED) is 0.786. The minimum Gasteiger partial charge on any atom is -0.477 e. The van der Waals surface area contributed by atoms with Crippen LogP contribution in [0.3, 0.4) is 0 Å². The average molecular weight is 390 g/mol. The van der Waals surface area contributed by atoms with Crippen molar-refractivity contribution in [3.8, 4) is 0 Å². The number of anilines is 2. The van der Waals surface area contributed by atoms with Crippen molar-refractivity contribution in [2.24, 2.45) is 0 Å². The topological polar surface area (TPSA) is 75.1 Å². The fourth-order valence-electron chi connectivity index (χ4n) is 1.45. The van der Waals surface area contributed by atoms with Crippen molar-refractivity contribution < 1.29 is 9.90 Å². The molecule has 98 valence electrons. The van der Waals surface area contributed by atoms with E-state index in [0.29, 0.717) is 10.7 Å². The zero-order valence-electron chi connectivity index (χ0n) is 9.82. The Hall–Kier alpha value is -1.41. The van der Waals surface area contributed by atoms with Crippen LogP contribution in [0.25, 0.3) is 0 Å². The number of hydrogen-bond donors (Lipinski definition) is 2. The standard InChI is InChI=1S/C12H9ClIN3O2/c1-6-4-10(11(18)19)17-12(15-6)16-9-3-2-7(13)5-8(9)14/h2-5H,1H3,(H,18,19)(H,15,16,17). The Morgan fingerprint density at radius 2 is 2.11 bits per heavy atom. The molecule has 0 fully saturated rings. The number of aromatic nitrogens is 2. The molecule has 1 aromatic carbocycles. The van der Waals surface area contributed by atoms with Crippen LogP contribution in [0.15, 0.2) is 24.3 Å². The maximum atomic E-state index is 10.9. The maximum absolute atomic E-state index is 10.9. The molecule has 0 aliphatic rings. The molecule has 2 aromatic rings. The predicted molar refractivity (Wildman–Crippen MR) is 81.2 cm³/mol. The van der Waals surface area contributed by atoms with Crippen LogP contribution in [0.2, 0.25) is 5.02 Å². The fraction of sp³-hybridized carbons (Fsp3) is 0.0833. The summed E-state index contributed by atoms with van der Waals surface area (Å²) in [5.74, 6) is -0.836. The van der Waals surface area contributed by atoms with Gasteiger partial charge in [-0.1, -0.05) is 11.6 Å². The highest BCUT2D eigenvalue weighted by Gasteiger charge is 2.09. The second-order valence-electron chi connectivity index (χ2n) is 3.77. The summed E-state index contributed by atoms with van der Waals surface area (Å²) in [5, 5.41) is 12.6. The molecule has 7 heteroatoms. The molecule has 0 unspecified atom stereocenters. The Morgan fingerprint density at radius 3 is 2.74 bits per heavy atom. The van der Waals surface area contributed by atoms with Gasteiger partial charge in [0.05, 0.1) is 5.69 Å². The van der Waals surface area contributed by atoms with Crippen molar-refractivity contribution in [1.29, 1.82) is 0 Å². The first-order chi connectivity index (χ1) is 8.95. The van der Waals surface area contributed by atoms with E-state index in [1.54, 1.807) is 25.1 Å². The molecule has 2 N–H and O–H groups in total. The lowest BCUT2D eigenvalue weighted by Crippen LogP contribution is -2.07. The van der Waals surface area contributed by atoms with Gasteiger partial charge >= 0.3 is 5.97 Å². The van der Waals surface area contributed by atoms with Gasteiger partial charge in [0, 0.05) is 14.3 Å². The first-order valence-corrected chi connectivity index (χ1v) is 6.72. The van der Waals surface area contributed by atoms with Crippen molar-refractivity contribution >= 4 is 51.8 Å². The third-order valence-electron chi connectivity index (χ3n) is 2.25. The highest BCUT2D eigenvalue weighted by molar-refractivity contribution is 14.1. The second kappa shape index (κ2) is 5.70. The summed E-state index contributed by atoms with van der Waals surface area (Å²) in [4.78, 5) is 19.0. The van der Waals surface area contributed by atoms with Crippen molar-refractivity contribution in [3.63, 3.8) is 0 Å². The van der Waals surface area contributed by atoms with E-state index in [1.807, 2.05) is 0 Å². The van der Waals surface area contributed by atoms with Gasteiger partial charge in [-0.2, -0.15) is 0 Å². The molecular weight excluding hydrogens is 381 g/mol. The summed E-state index contributed by atoms with van der Waals surface area (Å²) in [6.45, 7) is 1.71. The predicted octanol–water partition coefficient (Wildman–Crippen LogP) is 3.48. The monoisotopic (exact) mass is 389 g/mol. The second-order valence-corrected chi connectivity index (χ2v) is 5.37. The average Bonchev–Trinajstić information content (AvgIpc) is 2.32. The zero-order chi connectivity index (χ0) is 14.0. The van der Waals surface area contributed by atoms with Crippen LogP contribution < -0.4 is 5.32 Å². The summed E-state index contributed by atoms with van der Waals surface area (Å²) in [6.07, 6.45) is 0. The number of aromatic carboxylic acids is 1. The van der Waals surface area contributed by atoms with Crippen LogP contribution in [0.5, 0.6) is 0 Å². The van der Waals surface area contributed by atoms with E-state index < -0.39 is 5.97 Å². The van der Waals surface area contributed by atoms with E-state index in [-0.39, 0.29) is 11.6 Å². The largest absolute Gasteiger partial charge is 0.477 e. The molecule has 0 amide bonds. The van der Waals surface area contributed by atoms with E-state index in [0.717, 1.165) is 9.26 Å². The van der Waals surface area contributed by atoms with Crippen LogP contribution in [-0.4, -0.2) is 21.0 Å². The van der Waals surface area contributed by atoms with Crippen LogP contribution in [0.1, 0.15) is 16.2 Å². The Kier molecular flexibility index (Phi) is 4.20. The highest BCUT2D eigenvalue weighted by Crippen LogP contribution is 2.24. The van der Waals surface area contributed by atoms with E-state index in [1.165, 1.54) is 6.07 Å². The number of nitrogens with one attached hydrogen (secondary N) is 1. The lowest BCUT2D eigenvalue weighted by atomic mass is 10.3. The number of aryl methyl sites for hydroxylation is 1. The van der Waals surface area contributed by atoms with Gasteiger partial charge in [0.1, 0.15) is 0 Å². The molecule has 0 saturated heterocycles. The van der Waals surface area contributed by atoms with Crippen LogP contribution >= 0.6 is 34.2 Å².